The van der Waals surface area contributed by atoms with E-state index in [1.54, 1.807) is 12.1 Å². The van der Waals surface area contributed by atoms with Crippen LogP contribution in [0, 0.1) is 0 Å². The molecule has 7 heteroatoms. The Kier molecular flexibility index (Phi) is 6.60. The number of hydrogen-bond acceptors (Lipinski definition) is 3. The second kappa shape index (κ2) is 8.70. The van der Waals surface area contributed by atoms with Crippen LogP contribution in [0.4, 0.5) is 18.9 Å². The molecule has 2 aromatic carbocycles. The average Bonchev–Trinajstić information content (AvgIpc) is 2.65. The van der Waals surface area contributed by atoms with E-state index in [4.69, 9.17) is 4.74 Å². The van der Waals surface area contributed by atoms with Crippen molar-refractivity contribution in [2.24, 2.45) is 0 Å². The van der Waals surface area contributed by atoms with Crippen molar-refractivity contribution in [3.63, 3.8) is 0 Å². The van der Waals surface area contributed by atoms with Crippen molar-refractivity contribution in [1.29, 1.82) is 0 Å². The van der Waals surface area contributed by atoms with E-state index in [-0.39, 0.29) is 5.56 Å². The van der Waals surface area contributed by atoms with Gasteiger partial charge in [-0.2, -0.15) is 13.2 Å². The van der Waals surface area contributed by atoms with Crippen molar-refractivity contribution < 1.29 is 27.5 Å². The van der Waals surface area contributed by atoms with Crippen LogP contribution in [0.1, 0.15) is 47.7 Å². The Hall–Kier alpha value is -2.83. The zero-order valence-corrected chi connectivity index (χ0v) is 15.0. The summed E-state index contributed by atoms with van der Waals surface area (Å²) < 4.78 is 42.3. The first kappa shape index (κ1) is 20.5. The summed E-state index contributed by atoms with van der Waals surface area (Å²) in [7, 11) is 0. The summed E-state index contributed by atoms with van der Waals surface area (Å²) in [5, 5.41) is 2.60. The lowest BCUT2D eigenvalue weighted by Gasteiger charge is -2.11. The summed E-state index contributed by atoms with van der Waals surface area (Å²) in [6.45, 7) is 3.66. The molecule has 0 saturated carbocycles. The van der Waals surface area contributed by atoms with Crippen molar-refractivity contribution >= 4 is 17.6 Å². The second-order valence-corrected chi connectivity index (χ2v) is 6.13. The quantitative estimate of drug-likeness (QED) is 0.718. The molecule has 0 heterocycles. The minimum atomic E-state index is -4.48. The maximum absolute atomic E-state index is 12.5. The first-order valence-electron chi connectivity index (χ1n) is 8.45. The molecule has 0 aliphatic carbocycles. The van der Waals surface area contributed by atoms with Crippen molar-refractivity contribution in [1.82, 2.24) is 0 Å². The summed E-state index contributed by atoms with van der Waals surface area (Å²) in [4.78, 5) is 23.7. The zero-order valence-electron chi connectivity index (χ0n) is 15.0. The molecule has 1 atom stereocenters. The summed E-state index contributed by atoms with van der Waals surface area (Å²) in [6.07, 6.45) is -3.47. The second-order valence-electron chi connectivity index (χ2n) is 6.13. The van der Waals surface area contributed by atoms with E-state index in [1.165, 1.54) is 0 Å². The third kappa shape index (κ3) is 5.84. The van der Waals surface area contributed by atoms with E-state index in [1.807, 2.05) is 12.1 Å². The Morgan fingerprint density at radius 3 is 2.15 bits per heavy atom. The molecule has 1 amide bonds. The zero-order chi connectivity index (χ0) is 20.0. The summed E-state index contributed by atoms with van der Waals surface area (Å²) in [5.74, 6) is -0.989. The monoisotopic (exact) mass is 379 g/mol. The first-order valence-corrected chi connectivity index (χ1v) is 8.45. The number of benzene rings is 2. The number of nitrogens with one attached hydrogen (secondary N) is 1. The van der Waals surface area contributed by atoms with Crippen LogP contribution in [-0.4, -0.2) is 18.5 Å². The highest BCUT2D eigenvalue weighted by Crippen LogP contribution is 2.29. The standard InChI is InChI=1S/C20H20F3NO3/c1-3-13(2)14-6-10-17(11-7-14)24-18(25)12-27-19(26)15-4-8-16(9-5-15)20(21,22)23/h4-11,13H,3,12H2,1-2H3,(H,24,25)/t13-/m1/s1. The van der Waals surface area contributed by atoms with Gasteiger partial charge in [0, 0.05) is 5.69 Å². The fourth-order valence-electron chi connectivity index (χ4n) is 2.34. The van der Waals surface area contributed by atoms with Gasteiger partial charge in [0.05, 0.1) is 11.1 Å². The number of hydrogen-bond donors (Lipinski definition) is 1. The van der Waals surface area contributed by atoms with Crippen molar-refractivity contribution in [2.75, 3.05) is 11.9 Å². The molecule has 0 fully saturated rings. The Balaban J connectivity index is 1.87. The van der Waals surface area contributed by atoms with Gasteiger partial charge in [0.15, 0.2) is 6.61 Å². The van der Waals surface area contributed by atoms with E-state index in [2.05, 4.69) is 19.2 Å². The van der Waals surface area contributed by atoms with Crippen molar-refractivity contribution in [3.05, 3.63) is 65.2 Å². The van der Waals surface area contributed by atoms with Gasteiger partial charge in [-0.25, -0.2) is 4.79 Å². The van der Waals surface area contributed by atoms with E-state index in [0.29, 0.717) is 11.6 Å². The normalized spacial score (nSPS) is 12.3. The smallest absolute Gasteiger partial charge is 0.416 e. The molecule has 144 valence electrons. The van der Waals surface area contributed by atoms with Gasteiger partial charge in [0.1, 0.15) is 0 Å². The first-order chi connectivity index (χ1) is 12.7. The highest BCUT2D eigenvalue weighted by atomic mass is 19.4. The van der Waals surface area contributed by atoms with Gasteiger partial charge in [-0.15, -0.1) is 0 Å². The number of amides is 1. The van der Waals surface area contributed by atoms with E-state index in [9.17, 15) is 22.8 Å². The van der Waals surface area contributed by atoms with E-state index in [0.717, 1.165) is 36.2 Å². The summed E-state index contributed by atoms with van der Waals surface area (Å²) in [5.41, 5.74) is 0.799. The summed E-state index contributed by atoms with van der Waals surface area (Å²) in [6, 6.07) is 10.9. The molecule has 27 heavy (non-hydrogen) atoms. The van der Waals surface area contributed by atoms with Crippen LogP contribution in [0.3, 0.4) is 0 Å². The molecule has 0 bridgehead atoms. The third-order valence-electron chi connectivity index (χ3n) is 4.16. The van der Waals surface area contributed by atoms with Crippen molar-refractivity contribution in [3.8, 4) is 0 Å². The van der Waals surface area contributed by atoms with Gasteiger partial charge in [-0.1, -0.05) is 26.0 Å². The van der Waals surface area contributed by atoms with Crippen LogP contribution < -0.4 is 5.32 Å². The Morgan fingerprint density at radius 2 is 1.63 bits per heavy atom. The number of halogens is 3. The van der Waals surface area contributed by atoms with Gasteiger partial charge in [-0.05, 0) is 54.3 Å². The summed E-state index contributed by atoms with van der Waals surface area (Å²) >= 11 is 0. The molecule has 0 aliphatic rings. The number of ether oxygens (including phenoxy) is 1. The Labute approximate surface area is 155 Å². The number of carbonyl (C=O) groups is 2. The van der Waals surface area contributed by atoms with Crippen LogP contribution in [0.5, 0.6) is 0 Å². The Morgan fingerprint density at radius 1 is 1.04 bits per heavy atom. The van der Waals surface area contributed by atoms with Crippen LogP contribution in [0.15, 0.2) is 48.5 Å². The van der Waals surface area contributed by atoms with Crippen LogP contribution >= 0.6 is 0 Å². The van der Waals surface area contributed by atoms with Crippen LogP contribution in [-0.2, 0) is 15.7 Å². The highest BCUT2D eigenvalue weighted by molar-refractivity contribution is 5.95. The molecule has 4 nitrogen and oxygen atoms in total. The largest absolute Gasteiger partial charge is 0.452 e. The molecule has 2 rings (SSSR count). The molecule has 1 N–H and O–H groups in total. The van der Waals surface area contributed by atoms with E-state index >= 15 is 0 Å². The molecule has 2 aromatic rings. The number of alkyl halides is 3. The molecular formula is C20H20F3NO3. The highest BCUT2D eigenvalue weighted by Gasteiger charge is 2.30. The number of esters is 1. The van der Waals surface area contributed by atoms with Gasteiger partial charge in [0.25, 0.3) is 5.91 Å². The minimum absolute atomic E-state index is 0.0614. The number of anilines is 1. The fraction of sp³-hybridized carbons (Fsp3) is 0.300. The molecule has 0 saturated heterocycles. The predicted molar refractivity (Wildman–Crippen MR) is 95.5 cm³/mol. The minimum Gasteiger partial charge on any atom is -0.452 e. The fourth-order valence-corrected chi connectivity index (χ4v) is 2.34. The van der Waals surface area contributed by atoms with Crippen molar-refractivity contribution in [2.45, 2.75) is 32.4 Å². The van der Waals surface area contributed by atoms with Gasteiger partial charge in [-0.3, -0.25) is 4.79 Å². The lowest BCUT2D eigenvalue weighted by Crippen LogP contribution is -2.21. The van der Waals surface area contributed by atoms with Gasteiger partial charge < -0.3 is 10.1 Å². The lowest BCUT2D eigenvalue weighted by molar-refractivity contribution is -0.137. The predicted octanol–water partition coefficient (Wildman–Crippen LogP) is 5.01. The molecule has 0 spiro atoms. The maximum Gasteiger partial charge on any atom is 0.416 e. The van der Waals surface area contributed by atoms with E-state index < -0.39 is 30.2 Å². The average molecular weight is 379 g/mol. The van der Waals surface area contributed by atoms with Crippen LogP contribution in [0.2, 0.25) is 0 Å². The SMILES string of the molecule is CC[C@@H](C)c1ccc(NC(=O)COC(=O)c2ccc(C(F)(F)F)cc2)cc1. The molecule has 0 radical (unpaired) electrons. The number of rotatable bonds is 6. The molecule has 0 aliphatic heterocycles. The Bertz CT molecular complexity index is 784. The van der Waals surface area contributed by atoms with Crippen LogP contribution in [0.25, 0.3) is 0 Å². The molecule has 0 aromatic heterocycles. The third-order valence-corrected chi connectivity index (χ3v) is 4.16. The molecular weight excluding hydrogens is 359 g/mol. The number of carbonyl (C=O) groups excluding carboxylic acids is 2. The van der Waals surface area contributed by atoms with Gasteiger partial charge >= 0.3 is 12.1 Å². The molecule has 0 unspecified atom stereocenters. The van der Waals surface area contributed by atoms with Gasteiger partial charge in [0.2, 0.25) is 0 Å². The topological polar surface area (TPSA) is 55.4 Å². The maximum atomic E-state index is 12.5. The lowest BCUT2D eigenvalue weighted by atomic mass is 9.99.